The number of nitrogens with zero attached hydrogens (tertiary/aromatic N) is 1. The molecule has 0 atom stereocenters. The van der Waals surface area contributed by atoms with Gasteiger partial charge in [-0.1, -0.05) is 13.0 Å². The standard InChI is InChI=1S/C17H26N2O2/c1-5-9-19-12-14-6-7-15(16(11-14)20-4)21-10-8-17(2,3)13-18/h6-7,11,19H,5,8-10,12H2,1-4H3. The van der Waals surface area contributed by atoms with Crippen molar-refractivity contribution in [3.05, 3.63) is 23.8 Å². The lowest BCUT2D eigenvalue weighted by Gasteiger charge is -2.17. The highest BCUT2D eigenvalue weighted by Gasteiger charge is 2.17. The molecule has 1 aromatic carbocycles. The van der Waals surface area contributed by atoms with Crippen LogP contribution in [-0.2, 0) is 6.54 Å². The molecule has 0 aromatic heterocycles. The van der Waals surface area contributed by atoms with E-state index >= 15 is 0 Å². The van der Waals surface area contributed by atoms with Crippen molar-refractivity contribution in [2.24, 2.45) is 5.41 Å². The number of benzene rings is 1. The summed E-state index contributed by atoms with van der Waals surface area (Å²) in [6.45, 7) is 8.31. The third kappa shape index (κ3) is 6.05. The van der Waals surface area contributed by atoms with Gasteiger partial charge in [0, 0.05) is 6.54 Å². The van der Waals surface area contributed by atoms with Crippen LogP contribution in [0.5, 0.6) is 11.5 Å². The fraction of sp³-hybridized carbons (Fsp3) is 0.588. The Balaban J connectivity index is 2.60. The summed E-state index contributed by atoms with van der Waals surface area (Å²) < 4.78 is 11.1. The number of ether oxygens (including phenoxy) is 2. The predicted octanol–water partition coefficient (Wildman–Crippen LogP) is 3.51. The Morgan fingerprint density at radius 1 is 1.29 bits per heavy atom. The molecule has 21 heavy (non-hydrogen) atoms. The van der Waals surface area contributed by atoms with Crippen LogP contribution in [0.4, 0.5) is 0 Å². The van der Waals surface area contributed by atoms with Gasteiger partial charge in [0.1, 0.15) is 0 Å². The number of hydrogen-bond acceptors (Lipinski definition) is 4. The van der Waals surface area contributed by atoms with E-state index in [1.165, 1.54) is 5.56 Å². The van der Waals surface area contributed by atoms with Gasteiger partial charge in [-0.15, -0.1) is 0 Å². The van der Waals surface area contributed by atoms with Gasteiger partial charge in [-0.05, 0) is 50.9 Å². The van der Waals surface area contributed by atoms with Gasteiger partial charge in [-0.3, -0.25) is 0 Å². The molecule has 0 saturated heterocycles. The SMILES string of the molecule is CCCNCc1ccc(OCCC(C)(C)C#N)c(OC)c1. The van der Waals surface area contributed by atoms with E-state index in [0.717, 1.165) is 31.0 Å². The van der Waals surface area contributed by atoms with Gasteiger partial charge in [0.2, 0.25) is 0 Å². The fourth-order valence-corrected chi connectivity index (χ4v) is 1.82. The van der Waals surface area contributed by atoms with Crippen LogP contribution in [0.3, 0.4) is 0 Å². The minimum absolute atomic E-state index is 0.364. The first-order chi connectivity index (χ1) is 10.0. The quantitative estimate of drug-likeness (QED) is 0.707. The minimum atomic E-state index is -0.364. The molecule has 0 bridgehead atoms. The van der Waals surface area contributed by atoms with Crippen molar-refractivity contribution in [3.63, 3.8) is 0 Å². The molecule has 0 heterocycles. The zero-order chi connectivity index (χ0) is 15.7. The molecule has 0 radical (unpaired) electrons. The molecule has 4 heteroatoms. The first-order valence-electron chi connectivity index (χ1n) is 7.44. The molecular weight excluding hydrogens is 264 g/mol. The summed E-state index contributed by atoms with van der Waals surface area (Å²) in [5.74, 6) is 1.46. The molecule has 0 amide bonds. The van der Waals surface area contributed by atoms with Crippen LogP contribution in [0, 0.1) is 16.7 Å². The number of nitriles is 1. The predicted molar refractivity (Wildman–Crippen MR) is 84.5 cm³/mol. The maximum absolute atomic E-state index is 8.99. The average molecular weight is 290 g/mol. The Hall–Kier alpha value is -1.73. The summed E-state index contributed by atoms with van der Waals surface area (Å²) in [7, 11) is 1.64. The first kappa shape index (κ1) is 17.3. The van der Waals surface area contributed by atoms with Gasteiger partial charge < -0.3 is 14.8 Å². The number of methoxy groups -OCH3 is 1. The highest BCUT2D eigenvalue weighted by Crippen LogP contribution is 2.29. The Labute approximate surface area is 128 Å². The second-order valence-electron chi connectivity index (χ2n) is 5.76. The molecule has 0 aliphatic rings. The third-order valence-electron chi connectivity index (χ3n) is 3.27. The second-order valence-corrected chi connectivity index (χ2v) is 5.76. The zero-order valence-electron chi connectivity index (χ0n) is 13.5. The van der Waals surface area contributed by atoms with Crippen molar-refractivity contribution in [2.75, 3.05) is 20.3 Å². The van der Waals surface area contributed by atoms with Crippen molar-refractivity contribution >= 4 is 0 Å². The summed E-state index contributed by atoms with van der Waals surface area (Å²) in [5, 5.41) is 12.4. The molecule has 116 valence electrons. The van der Waals surface area contributed by atoms with Crippen molar-refractivity contribution in [1.29, 1.82) is 5.26 Å². The Kier molecular flexibility index (Phi) is 7.04. The van der Waals surface area contributed by atoms with E-state index < -0.39 is 0 Å². The van der Waals surface area contributed by atoms with Crippen LogP contribution in [0.2, 0.25) is 0 Å². The Morgan fingerprint density at radius 3 is 2.67 bits per heavy atom. The monoisotopic (exact) mass is 290 g/mol. The van der Waals surface area contributed by atoms with Crippen molar-refractivity contribution in [1.82, 2.24) is 5.32 Å². The van der Waals surface area contributed by atoms with E-state index in [9.17, 15) is 0 Å². The second kappa shape index (κ2) is 8.53. The molecule has 1 rings (SSSR count). The first-order valence-corrected chi connectivity index (χ1v) is 7.44. The van der Waals surface area contributed by atoms with Crippen LogP contribution >= 0.6 is 0 Å². The summed E-state index contributed by atoms with van der Waals surface area (Å²) in [5.41, 5.74) is 0.807. The van der Waals surface area contributed by atoms with E-state index in [1.807, 2.05) is 32.0 Å². The fourth-order valence-electron chi connectivity index (χ4n) is 1.82. The van der Waals surface area contributed by atoms with Crippen LogP contribution < -0.4 is 14.8 Å². The van der Waals surface area contributed by atoms with Gasteiger partial charge in [0.05, 0.1) is 25.2 Å². The maximum Gasteiger partial charge on any atom is 0.161 e. The lowest BCUT2D eigenvalue weighted by molar-refractivity contribution is 0.252. The maximum atomic E-state index is 8.99. The summed E-state index contributed by atoms with van der Waals surface area (Å²) in [6.07, 6.45) is 1.81. The largest absolute Gasteiger partial charge is 0.493 e. The highest BCUT2D eigenvalue weighted by atomic mass is 16.5. The smallest absolute Gasteiger partial charge is 0.161 e. The van der Waals surface area contributed by atoms with Crippen molar-refractivity contribution in [2.45, 2.75) is 40.2 Å². The molecular formula is C17H26N2O2. The van der Waals surface area contributed by atoms with E-state index in [0.29, 0.717) is 13.0 Å². The van der Waals surface area contributed by atoms with Gasteiger partial charge >= 0.3 is 0 Å². The molecule has 0 fully saturated rings. The summed E-state index contributed by atoms with van der Waals surface area (Å²) >= 11 is 0. The number of rotatable bonds is 9. The van der Waals surface area contributed by atoms with E-state index in [-0.39, 0.29) is 5.41 Å². The third-order valence-corrected chi connectivity index (χ3v) is 3.27. The van der Waals surface area contributed by atoms with Gasteiger partial charge in [0.15, 0.2) is 11.5 Å². The topological polar surface area (TPSA) is 54.3 Å². The zero-order valence-corrected chi connectivity index (χ0v) is 13.5. The van der Waals surface area contributed by atoms with Crippen LogP contribution in [0.1, 0.15) is 39.2 Å². The van der Waals surface area contributed by atoms with E-state index in [2.05, 4.69) is 18.3 Å². The lowest BCUT2D eigenvalue weighted by atomic mass is 9.92. The number of hydrogen-bond donors (Lipinski definition) is 1. The molecule has 0 aliphatic carbocycles. The minimum Gasteiger partial charge on any atom is -0.493 e. The van der Waals surface area contributed by atoms with Crippen molar-refractivity contribution < 1.29 is 9.47 Å². The molecule has 0 saturated carbocycles. The van der Waals surface area contributed by atoms with E-state index in [1.54, 1.807) is 7.11 Å². The molecule has 0 spiro atoms. The lowest BCUT2D eigenvalue weighted by Crippen LogP contribution is -2.14. The Bertz CT molecular complexity index is 478. The molecule has 0 aliphatic heterocycles. The Morgan fingerprint density at radius 2 is 2.05 bits per heavy atom. The van der Waals surface area contributed by atoms with Crippen LogP contribution in [0.25, 0.3) is 0 Å². The normalized spacial score (nSPS) is 11.0. The number of nitrogens with one attached hydrogen (secondary N) is 1. The van der Waals surface area contributed by atoms with Crippen LogP contribution in [0.15, 0.2) is 18.2 Å². The van der Waals surface area contributed by atoms with Crippen molar-refractivity contribution in [3.8, 4) is 17.6 Å². The molecule has 1 aromatic rings. The van der Waals surface area contributed by atoms with Gasteiger partial charge in [-0.2, -0.15) is 5.26 Å². The summed E-state index contributed by atoms with van der Waals surface area (Å²) in [6, 6.07) is 8.24. The van der Waals surface area contributed by atoms with Gasteiger partial charge in [0.25, 0.3) is 0 Å². The highest BCUT2D eigenvalue weighted by molar-refractivity contribution is 5.42. The molecule has 1 N–H and O–H groups in total. The molecule has 0 unspecified atom stereocenters. The summed E-state index contributed by atoms with van der Waals surface area (Å²) in [4.78, 5) is 0. The van der Waals surface area contributed by atoms with Crippen LogP contribution in [-0.4, -0.2) is 20.3 Å². The molecule has 4 nitrogen and oxygen atoms in total. The van der Waals surface area contributed by atoms with Gasteiger partial charge in [-0.25, -0.2) is 0 Å². The average Bonchev–Trinajstić information content (AvgIpc) is 2.48. The van der Waals surface area contributed by atoms with E-state index in [4.69, 9.17) is 14.7 Å².